The fraction of sp³-hybridized carbons (Fsp3) is 0.250. The Balaban J connectivity index is 2.46. The smallest absolute Gasteiger partial charge is 0.0932 e. The molecule has 0 aliphatic heterocycles. The van der Waals surface area contributed by atoms with Crippen LogP contribution in [0.5, 0.6) is 0 Å². The van der Waals surface area contributed by atoms with Gasteiger partial charge in [0.05, 0.1) is 10.7 Å². The first-order valence-corrected chi connectivity index (χ1v) is 5.64. The Morgan fingerprint density at radius 2 is 1.93 bits per heavy atom. The van der Waals surface area contributed by atoms with E-state index in [1.807, 2.05) is 6.07 Å². The molecule has 14 heavy (non-hydrogen) atoms. The summed E-state index contributed by atoms with van der Waals surface area (Å²) in [5.41, 5.74) is 2.37. The summed E-state index contributed by atoms with van der Waals surface area (Å²) in [6.07, 6.45) is 1.03. The average molecular weight is 203 g/mol. The van der Waals surface area contributed by atoms with Crippen molar-refractivity contribution in [1.29, 1.82) is 0 Å². The van der Waals surface area contributed by atoms with Crippen molar-refractivity contribution in [1.82, 2.24) is 4.98 Å². The first-order chi connectivity index (χ1) is 6.81. The Morgan fingerprint density at radius 3 is 2.50 bits per heavy atom. The molecule has 2 aromatic rings. The van der Waals surface area contributed by atoms with Gasteiger partial charge in [-0.2, -0.15) is 0 Å². The molecule has 0 spiro atoms. The van der Waals surface area contributed by atoms with Crippen molar-refractivity contribution in [3.05, 3.63) is 40.2 Å². The van der Waals surface area contributed by atoms with E-state index in [0.717, 1.165) is 12.1 Å². The van der Waals surface area contributed by atoms with Gasteiger partial charge in [0.2, 0.25) is 0 Å². The number of thiazole rings is 1. The minimum atomic E-state index is 1.03. The molecule has 72 valence electrons. The summed E-state index contributed by atoms with van der Waals surface area (Å²) in [7, 11) is 0. The normalized spacial score (nSPS) is 10.4. The van der Waals surface area contributed by atoms with Crippen LogP contribution in [0.2, 0.25) is 0 Å². The van der Waals surface area contributed by atoms with Crippen LogP contribution >= 0.6 is 11.3 Å². The van der Waals surface area contributed by atoms with E-state index in [-0.39, 0.29) is 0 Å². The van der Waals surface area contributed by atoms with Crippen molar-refractivity contribution < 1.29 is 0 Å². The molecular formula is C12H13NS. The topological polar surface area (TPSA) is 12.9 Å². The standard InChI is InChI=1S/C12H13NS/c1-3-11-13-12(9(2)14-11)10-7-5-4-6-8-10/h4-8H,3H2,1-2H3. The SMILES string of the molecule is CCc1nc(-c2ccccc2)c(C)s1. The molecule has 2 heteroatoms. The van der Waals surface area contributed by atoms with Crippen LogP contribution in [0.4, 0.5) is 0 Å². The van der Waals surface area contributed by atoms with E-state index >= 15 is 0 Å². The number of rotatable bonds is 2. The number of hydrogen-bond donors (Lipinski definition) is 0. The monoisotopic (exact) mass is 203 g/mol. The summed E-state index contributed by atoms with van der Waals surface area (Å²) in [5, 5.41) is 1.22. The molecule has 0 fully saturated rings. The zero-order chi connectivity index (χ0) is 9.97. The highest BCUT2D eigenvalue weighted by molar-refractivity contribution is 7.12. The molecule has 1 aromatic carbocycles. The van der Waals surface area contributed by atoms with E-state index in [0.29, 0.717) is 0 Å². The van der Waals surface area contributed by atoms with Gasteiger partial charge in [-0.05, 0) is 13.3 Å². The van der Waals surface area contributed by atoms with E-state index in [9.17, 15) is 0 Å². The highest BCUT2D eigenvalue weighted by atomic mass is 32.1. The van der Waals surface area contributed by atoms with Crippen LogP contribution in [0.15, 0.2) is 30.3 Å². The molecule has 0 aliphatic rings. The van der Waals surface area contributed by atoms with Crippen LogP contribution in [-0.2, 0) is 6.42 Å². The predicted molar refractivity (Wildman–Crippen MR) is 61.7 cm³/mol. The average Bonchev–Trinajstić information content (AvgIpc) is 2.61. The molecule has 0 N–H and O–H groups in total. The predicted octanol–water partition coefficient (Wildman–Crippen LogP) is 3.68. The van der Waals surface area contributed by atoms with E-state index in [2.05, 4.69) is 43.1 Å². The van der Waals surface area contributed by atoms with Crippen molar-refractivity contribution in [3.63, 3.8) is 0 Å². The lowest BCUT2D eigenvalue weighted by molar-refractivity contribution is 1.09. The lowest BCUT2D eigenvalue weighted by Gasteiger charge is -1.96. The Hall–Kier alpha value is -1.15. The minimum Gasteiger partial charge on any atom is -0.241 e. The van der Waals surface area contributed by atoms with Crippen LogP contribution in [0.3, 0.4) is 0 Å². The maximum atomic E-state index is 4.62. The zero-order valence-electron chi connectivity index (χ0n) is 8.45. The second-order valence-electron chi connectivity index (χ2n) is 3.23. The van der Waals surface area contributed by atoms with Gasteiger partial charge >= 0.3 is 0 Å². The molecule has 0 unspecified atom stereocenters. The van der Waals surface area contributed by atoms with Gasteiger partial charge < -0.3 is 0 Å². The number of aromatic nitrogens is 1. The molecule has 0 aliphatic carbocycles. The third-order valence-electron chi connectivity index (χ3n) is 2.19. The van der Waals surface area contributed by atoms with E-state index < -0.39 is 0 Å². The second-order valence-corrected chi connectivity index (χ2v) is 4.52. The van der Waals surface area contributed by atoms with E-state index in [4.69, 9.17) is 0 Å². The molecule has 2 rings (SSSR count). The maximum absolute atomic E-state index is 4.62. The third kappa shape index (κ3) is 1.70. The molecule has 0 saturated carbocycles. The molecular weight excluding hydrogens is 190 g/mol. The van der Waals surface area contributed by atoms with Crippen LogP contribution < -0.4 is 0 Å². The summed E-state index contributed by atoms with van der Waals surface area (Å²) < 4.78 is 0. The summed E-state index contributed by atoms with van der Waals surface area (Å²) in [4.78, 5) is 5.93. The van der Waals surface area contributed by atoms with Crippen LogP contribution in [0, 0.1) is 6.92 Å². The molecule has 0 saturated heterocycles. The number of hydrogen-bond acceptors (Lipinski definition) is 2. The summed E-state index contributed by atoms with van der Waals surface area (Å²) >= 11 is 1.80. The Morgan fingerprint density at radius 1 is 1.21 bits per heavy atom. The van der Waals surface area contributed by atoms with Crippen molar-refractivity contribution in [2.24, 2.45) is 0 Å². The van der Waals surface area contributed by atoms with Gasteiger partial charge in [-0.1, -0.05) is 37.3 Å². The molecule has 1 aromatic heterocycles. The van der Waals surface area contributed by atoms with Gasteiger partial charge in [0.15, 0.2) is 0 Å². The van der Waals surface area contributed by atoms with E-state index in [1.165, 1.54) is 15.4 Å². The Labute approximate surface area is 88.4 Å². The fourth-order valence-electron chi connectivity index (χ4n) is 1.47. The highest BCUT2D eigenvalue weighted by Gasteiger charge is 2.07. The van der Waals surface area contributed by atoms with Gasteiger partial charge in [0.1, 0.15) is 0 Å². The summed E-state index contributed by atoms with van der Waals surface area (Å²) in [6.45, 7) is 4.28. The van der Waals surface area contributed by atoms with Gasteiger partial charge in [-0.15, -0.1) is 11.3 Å². The third-order valence-corrected chi connectivity index (χ3v) is 3.31. The molecule has 1 nitrogen and oxygen atoms in total. The lowest BCUT2D eigenvalue weighted by Crippen LogP contribution is -1.81. The van der Waals surface area contributed by atoms with Crippen LogP contribution in [0.1, 0.15) is 16.8 Å². The van der Waals surface area contributed by atoms with Crippen LogP contribution in [0.25, 0.3) is 11.3 Å². The summed E-state index contributed by atoms with van der Waals surface area (Å²) in [6, 6.07) is 10.4. The van der Waals surface area contributed by atoms with Crippen molar-refractivity contribution >= 4 is 11.3 Å². The maximum Gasteiger partial charge on any atom is 0.0932 e. The second kappa shape index (κ2) is 3.93. The molecule has 0 bridgehead atoms. The Bertz CT molecular complexity index is 417. The largest absolute Gasteiger partial charge is 0.241 e. The van der Waals surface area contributed by atoms with Gasteiger partial charge in [-0.3, -0.25) is 0 Å². The zero-order valence-corrected chi connectivity index (χ0v) is 9.27. The molecule has 0 amide bonds. The first-order valence-electron chi connectivity index (χ1n) is 4.83. The van der Waals surface area contributed by atoms with E-state index in [1.54, 1.807) is 11.3 Å². The number of nitrogens with zero attached hydrogens (tertiary/aromatic N) is 1. The van der Waals surface area contributed by atoms with Crippen molar-refractivity contribution in [2.45, 2.75) is 20.3 Å². The van der Waals surface area contributed by atoms with Gasteiger partial charge in [0.25, 0.3) is 0 Å². The lowest BCUT2D eigenvalue weighted by atomic mass is 10.1. The molecule has 0 radical (unpaired) electrons. The quantitative estimate of drug-likeness (QED) is 0.725. The Kier molecular flexibility index (Phi) is 2.64. The van der Waals surface area contributed by atoms with Crippen molar-refractivity contribution in [3.8, 4) is 11.3 Å². The highest BCUT2D eigenvalue weighted by Crippen LogP contribution is 2.27. The van der Waals surface area contributed by atoms with Gasteiger partial charge in [0, 0.05) is 10.4 Å². The molecule has 0 atom stereocenters. The van der Waals surface area contributed by atoms with Crippen LogP contribution in [-0.4, -0.2) is 4.98 Å². The van der Waals surface area contributed by atoms with Crippen molar-refractivity contribution in [2.75, 3.05) is 0 Å². The minimum absolute atomic E-state index is 1.03. The summed E-state index contributed by atoms with van der Waals surface area (Å²) in [5.74, 6) is 0. The number of benzene rings is 1. The molecule has 1 heterocycles. The number of aryl methyl sites for hydroxylation is 2. The fourth-order valence-corrected chi connectivity index (χ4v) is 2.36. The first kappa shape index (κ1) is 9.41. The van der Waals surface area contributed by atoms with Gasteiger partial charge in [-0.25, -0.2) is 4.98 Å².